The van der Waals surface area contributed by atoms with E-state index in [-0.39, 0.29) is 31.2 Å². The van der Waals surface area contributed by atoms with Crippen molar-refractivity contribution < 1.29 is 24.4 Å². The van der Waals surface area contributed by atoms with E-state index in [0.717, 1.165) is 0 Å². The van der Waals surface area contributed by atoms with E-state index >= 15 is 0 Å². The van der Waals surface area contributed by atoms with Crippen molar-refractivity contribution in [1.82, 2.24) is 4.90 Å². The number of carbonyl (C=O) groups excluding carboxylic acids is 1. The van der Waals surface area contributed by atoms with Crippen molar-refractivity contribution >= 4 is 17.6 Å². The molecule has 1 heterocycles. The van der Waals surface area contributed by atoms with E-state index in [2.05, 4.69) is 0 Å². The first kappa shape index (κ1) is 17.9. The molecular formula is C16H20N2O6. The zero-order valence-electron chi connectivity index (χ0n) is 13.4. The van der Waals surface area contributed by atoms with E-state index in [0.29, 0.717) is 24.9 Å². The predicted octanol–water partition coefficient (Wildman–Crippen LogP) is 1.48. The van der Waals surface area contributed by atoms with Gasteiger partial charge >= 0.3 is 5.97 Å². The van der Waals surface area contributed by atoms with Crippen LogP contribution < -0.4 is 0 Å². The van der Waals surface area contributed by atoms with Crippen LogP contribution in [0.4, 0.5) is 5.69 Å². The summed E-state index contributed by atoms with van der Waals surface area (Å²) in [6, 6.07) is 6.17. The van der Waals surface area contributed by atoms with Gasteiger partial charge in [0.15, 0.2) is 0 Å². The van der Waals surface area contributed by atoms with Gasteiger partial charge in [0, 0.05) is 38.8 Å². The predicted molar refractivity (Wildman–Crippen MR) is 84.6 cm³/mol. The standard InChI is InChI=1S/C16H20N2O6/c1-24-11-16(15(20)21)7-8-17(10-16)14(19)6-5-12-3-2-4-13(9-12)18(22)23/h2-4,9H,5-8,10-11H2,1H3,(H,20,21). The number of nitro groups is 1. The average Bonchev–Trinajstić information content (AvgIpc) is 2.99. The second-order valence-electron chi connectivity index (χ2n) is 6.01. The molecule has 1 atom stereocenters. The Morgan fingerprint density at radius 1 is 1.46 bits per heavy atom. The highest BCUT2D eigenvalue weighted by Crippen LogP contribution is 2.31. The third-order valence-electron chi connectivity index (χ3n) is 4.33. The van der Waals surface area contributed by atoms with Gasteiger partial charge in [0.25, 0.3) is 5.69 Å². The topological polar surface area (TPSA) is 110 Å². The molecule has 0 saturated carbocycles. The minimum absolute atomic E-state index is 0.00823. The van der Waals surface area contributed by atoms with Crippen molar-refractivity contribution in [1.29, 1.82) is 0 Å². The normalized spacial score (nSPS) is 20.1. The van der Waals surface area contributed by atoms with Crippen LogP contribution in [0.5, 0.6) is 0 Å². The van der Waals surface area contributed by atoms with Crippen molar-refractivity contribution in [2.24, 2.45) is 5.41 Å². The molecule has 0 aromatic heterocycles. The van der Waals surface area contributed by atoms with Crippen LogP contribution in [0, 0.1) is 15.5 Å². The van der Waals surface area contributed by atoms with Crippen LogP contribution >= 0.6 is 0 Å². The smallest absolute Gasteiger partial charge is 0.313 e. The molecule has 24 heavy (non-hydrogen) atoms. The molecule has 1 saturated heterocycles. The summed E-state index contributed by atoms with van der Waals surface area (Å²) in [5, 5.41) is 20.2. The largest absolute Gasteiger partial charge is 0.481 e. The van der Waals surface area contributed by atoms with Crippen molar-refractivity contribution in [3.05, 3.63) is 39.9 Å². The number of aliphatic carboxylic acids is 1. The number of carboxylic acid groups (broad SMARTS) is 1. The fourth-order valence-electron chi connectivity index (χ4n) is 2.95. The molecule has 8 nitrogen and oxygen atoms in total. The minimum atomic E-state index is -1.05. The van der Waals surface area contributed by atoms with E-state index in [4.69, 9.17) is 4.74 Å². The van der Waals surface area contributed by atoms with Gasteiger partial charge in [0.1, 0.15) is 5.41 Å². The molecule has 1 unspecified atom stereocenters. The molecule has 2 rings (SSSR count). The first-order valence-electron chi connectivity index (χ1n) is 7.61. The fourth-order valence-corrected chi connectivity index (χ4v) is 2.95. The molecule has 0 spiro atoms. The zero-order valence-corrected chi connectivity index (χ0v) is 13.4. The van der Waals surface area contributed by atoms with Gasteiger partial charge in [0.05, 0.1) is 11.5 Å². The van der Waals surface area contributed by atoms with E-state index in [1.165, 1.54) is 24.1 Å². The third-order valence-corrected chi connectivity index (χ3v) is 4.33. The van der Waals surface area contributed by atoms with Crippen LogP contribution in [0.3, 0.4) is 0 Å². The number of carboxylic acids is 1. The first-order valence-corrected chi connectivity index (χ1v) is 7.61. The number of hydrogen-bond acceptors (Lipinski definition) is 5. The summed E-state index contributed by atoms with van der Waals surface area (Å²) in [4.78, 5) is 35.6. The van der Waals surface area contributed by atoms with Gasteiger partial charge in [-0.1, -0.05) is 12.1 Å². The van der Waals surface area contributed by atoms with Gasteiger partial charge in [-0.3, -0.25) is 19.7 Å². The fraction of sp³-hybridized carbons (Fsp3) is 0.500. The molecule has 8 heteroatoms. The number of amides is 1. The van der Waals surface area contributed by atoms with Crippen LogP contribution in [-0.2, 0) is 20.7 Å². The molecule has 1 aromatic carbocycles. The van der Waals surface area contributed by atoms with E-state index in [1.54, 1.807) is 12.1 Å². The highest BCUT2D eigenvalue weighted by molar-refractivity contribution is 5.81. The summed E-state index contributed by atoms with van der Waals surface area (Å²) in [6.07, 6.45) is 0.921. The Morgan fingerprint density at radius 2 is 2.21 bits per heavy atom. The second kappa shape index (κ2) is 7.39. The molecule has 0 bridgehead atoms. The third kappa shape index (κ3) is 3.88. The van der Waals surface area contributed by atoms with Crippen molar-refractivity contribution in [2.75, 3.05) is 26.8 Å². The highest BCUT2D eigenvalue weighted by Gasteiger charge is 2.46. The zero-order chi connectivity index (χ0) is 17.7. The van der Waals surface area contributed by atoms with Gasteiger partial charge in [-0.05, 0) is 18.4 Å². The Bertz CT molecular complexity index is 647. The number of hydrogen-bond donors (Lipinski definition) is 1. The summed E-state index contributed by atoms with van der Waals surface area (Å²) < 4.78 is 5.00. The van der Waals surface area contributed by atoms with Crippen LogP contribution in [0.15, 0.2) is 24.3 Å². The number of likely N-dealkylation sites (tertiary alicyclic amines) is 1. The lowest BCUT2D eigenvalue weighted by molar-refractivity contribution is -0.384. The lowest BCUT2D eigenvalue weighted by atomic mass is 9.88. The molecule has 1 N–H and O–H groups in total. The maximum Gasteiger partial charge on any atom is 0.313 e. The van der Waals surface area contributed by atoms with Gasteiger partial charge in [-0.2, -0.15) is 0 Å². The van der Waals surface area contributed by atoms with Crippen molar-refractivity contribution in [3.63, 3.8) is 0 Å². The summed E-state index contributed by atoms with van der Waals surface area (Å²) in [6.45, 7) is 0.574. The Labute approximate surface area is 139 Å². The summed E-state index contributed by atoms with van der Waals surface area (Å²) in [5.41, 5.74) is -0.347. The number of nitrogens with zero attached hydrogens (tertiary/aromatic N) is 2. The molecule has 0 radical (unpaired) electrons. The second-order valence-corrected chi connectivity index (χ2v) is 6.01. The number of carbonyl (C=O) groups is 2. The van der Waals surface area contributed by atoms with E-state index in [1.807, 2.05) is 0 Å². The summed E-state index contributed by atoms with van der Waals surface area (Å²) in [5.74, 6) is -1.11. The number of ether oxygens (including phenoxy) is 1. The molecular weight excluding hydrogens is 316 g/mol. The maximum absolute atomic E-state index is 12.3. The minimum Gasteiger partial charge on any atom is -0.481 e. The Balaban J connectivity index is 1.95. The molecule has 1 aliphatic rings. The SMILES string of the molecule is COCC1(C(=O)O)CCN(C(=O)CCc2cccc([N+](=O)[O-])c2)C1. The number of nitro benzene ring substituents is 1. The molecule has 130 valence electrons. The van der Waals surface area contributed by atoms with Crippen LogP contribution in [-0.4, -0.2) is 53.6 Å². The van der Waals surface area contributed by atoms with Gasteiger partial charge in [-0.25, -0.2) is 0 Å². The lowest BCUT2D eigenvalue weighted by Crippen LogP contribution is -2.40. The molecule has 1 aromatic rings. The van der Waals surface area contributed by atoms with Crippen molar-refractivity contribution in [3.8, 4) is 0 Å². The highest BCUT2D eigenvalue weighted by atomic mass is 16.6. The summed E-state index contributed by atoms with van der Waals surface area (Å²) >= 11 is 0. The van der Waals surface area contributed by atoms with Crippen LogP contribution in [0.25, 0.3) is 0 Å². The maximum atomic E-state index is 12.3. The number of methoxy groups -OCH3 is 1. The number of non-ortho nitro benzene ring substituents is 1. The number of rotatable bonds is 7. The van der Waals surface area contributed by atoms with Crippen molar-refractivity contribution in [2.45, 2.75) is 19.3 Å². The monoisotopic (exact) mass is 336 g/mol. The number of benzene rings is 1. The lowest BCUT2D eigenvalue weighted by Gasteiger charge is -2.23. The van der Waals surface area contributed by atoms with E-state index < -0.39 is 16.3 Å². The Hall–Kier alpha value is -2.48. The van der Waals surface area contributed by atoms with E-state index in [9.17, 15) is 24.8 Å². The molecule has 1 fully saturated rings. The molecule has 0 aliphatic carbocycles. The van der Waals surface area contributed by atoms with Gasteiger partial charge < -0.3 is 14.7 Å². The van der Waals surface area contributed by atoms with Crippen LogP contribution in [0.2, 0.25) is 0 Å². The molecule has 1 aliphatic heterocycles. The number of aryl methyl sites for hydroxylation is 1. The van der Waals surface area contributed by atoms with Gasteiger partial charge in [0.2, 0.25) is 5.91 Å². The summed E-state index contributed by atoms with van der Waals surface area (Å²) in [7, 11) is 1.44. The van der Waals surface area contributed by atoms with Gasteiger partial charge in [-0.15, -0.1) is 0 Å². The van der Waals surface area contributed by atoms with Crippen LogP contribution in [0.1, 0.15) is 18.4 Å². The average molecular weight is 336 g/mol. The quantitative estimate of drug-likeness (QED) is 0.596. The Kier molecular flexibility index (Phi) is 5.50. The Morgan fingerprint density at radius 3 is 2.83 bits per heavy atom. The first-order chi connectivity index (χ1) is 11.4. The molecule has 1 amide bonds.